The van der Waals surface area contributed by atoms with E-state index in [9.17, 15) is 36.0 Å². The Morgan fingerprint density at radius 1 is 0.935 bits per heavy atom. The number of methoxy groups -OCH3 is 1. The third-order valence-corrected chi connectivity index (χ3v) is 9.35. The van der Waals surface area contributed by atoms with Gasteiger partial charge in [-0.05, 0) is 66.8 Å². The monoisotopic (exact) mass is 656 g/mol. The summed E-state index contributed by atoms with van der Waals surface area (Å²) in [7, 11) is -3.76. The summed E-state index contributed by atoms with van der Waals surface area (Å²) in [5, 5.41) is 0.927. The fraction of sp³-hybridized carbons (Fsp3) is 0.303. The Balaban J connectivity index is 1.83. The summed E-state index contributed by atoms with van der Waals surface area (Å²) in [6, 6.07) is 16.4. The van der Waals surface area contributed by atoms with Crippen LogP contribution in [0.5, 0.6) is 0 Å². The highest BCUT2D eigenvalue weighted by atomic mass is 32.2. The number of esters is 2. The third kappa shape index (κ3) is 6.42. The smallest absolute Gasteiger partial charge is 0.416 e. The van der Waals surface area contributed by atoms with Gasteiger partial charge < -0.3 is 9.47 Å². The lowest BCUT2D eigenvalue weighted by Crippen LogP contribution is -2.51. The van der Waals surface area contributed by atoms with Crippen LogP contribution in [0.1, 0.15) is 43.5 Å². The number of pyridine rings is 1. The maximum atomic E-state index is 14.4. The molecule has 0 spiro atoms. The van der Waals surface area contributed by atoms with Crippen molar-refractivity contribution >= 4 is 32.7 Å². The number of nitrogens with zero attached hydrogens (tertiary/aromatic N) is 2. The van der Waals surface area contributed by atoms with Crippen LogP contribution in [-0.4, -0.2) is 55.0 Å². The topological polar surface area (TPSA) is 112 Å². The minimum Gasteiger partial charge on any atom is -0.467 e. The Morgan fingerprint density at radius 3 is 2.28 bits per heavy atom. The van der Waals surface area contributed by atoms with E-state index in [0.717, 1.165) is 46.7 Å². The van der Waals surface area contributed by atoms with Gasteiger partial charge in [0.05, 0.1) is 12.7 Å². The van der Waals surface area contributed by atoms with Crippen LogP contribution in [-0.2, 0) is 41.7 Å². The zero-order chi connectivity index (χ0) is 33.6. The average Bonchev–Trinajstić information content (AvgIpc) is 2.97. The van der Waals surface area contributed by atoms with Crippen molar-refractivity contribution in [2.45, 2.75) is 50.0 Å². The fourth-order valence-electron chi connectivity index (χ4n) is 5.63. The van der Waals surface area contributed by atoms with E-state index in [1.807, 2.05) is 24.3 Å². The molecule has 0 bridgehead atoms. The molecule has 1 unspecified atom stereocenters. The van der Waals surface area contributed by atoms with Crippen LogP contribution in [0.25, 0.3) is 21.9 Å². The summed E-state index contributed by atoms with van der Waals surface area (Å²) in [6.07, 6.45) is -4.81. The number of fused-ring (bicyclic) bond motifs is 2. The predicted molar refractivity (Wildman–Crippen MR) is 164 cm³/mol. The summed E-state index contributed by atoms with van der Waals surface area (Å²) in [4.78, 5) is 39.7. The van der Waals surface area contributed by atoms with Crippen molar-refractivity contribution in [2.75, 3.05) is 20.2 Å². The lowest BCUT2D eigenvalue weighted by atomic mass is 9.93. The Morgan fingerprint density at radius 2 is 1.61 bits per heavy atom. The number of ether oxygens (including phenoxy) is 2. The van der Waals surface area contributed by atoms with Crippen LogP contribution in [0, 0.1) is 0 Å². The van der Waals surface area contributed by atoms with E-state index >= 15 is 0 Å². The zero-order valence-corrected chi connectivity index (χ0v) is 26.2. The highest BCUT2D eigenvalue weighted by molar-refractivity contribution is 7.89. The SMILES string of the molecule is COC(=O)C1CN(CC(=O)OC(C)(C)C)S(=O)(=O)c2c(-c3cccc(C(F)(F)F)c3)c(Cc3cccc4ccccc34)cc(=O)n21. The molecular formula is C33H31F3N2O7S. The summed E-state index contributed by atoms with van der Waals surface area (Å²) in [5.74, 6) is -1.91. The zero-order valence-electron chi connectivity index (χ0n) is 25.4. The quantitative estimate of drug-likeness (QED) is 0.258. The number of carbonyl (C=O) groups is 2. The lowest BCUT2D eigenvalue weighted by Gasteiger charge is -2.35. The van der Waals surface area contributed by atoms with Crippen LogP contribution in [0.15, 0.2) is 82.6 Å². The third-order valence-electron chi connectivity index (χ3n) is 7.50. The first kappa shape index (κ1) is 32.9. The molecule has 0 N–H and O–H groups in total. The van der Waals surface area contributed by atoms with E-state index in [-0.39, 0.29) is 23.1 Å². The van der Waals surface area contributed by atoms with Crippen molar-refractivity contribution in [1.82, 2.24) is 8.87 Å². The van der Waals surface area contributed by atoms with Crippen molar-refractivity contribution in [2.24, 2.45) is 0 Å². The van der Waals surface area contributed by atoms with Crippen molar-refractivity contribution in [1.29, 1.82) is 0 Å². The standard InChI is InChI=1S/C33H31F3N2O7S/c1-32(2,3)45-28(40)19-37-18-26(31(41)44-4)38-27(39)17-23(15-21-11-7-10-20-9-5-6-14-25(20)21)29(30(38)46(37,42)43)22-12-8-13-24(16-22)33(34,35)36/h5-14,16-17,26H,15,18-19H2,1-4H3. The Bertz CT molecular complexity index is 2010. The van der Waals surface area contributed by atoms with Gasteiger partial charge in [0.2, 0.25) is 0 Å². The molecular weight excluding hydrogens is 625 g/mol. The van der Waals surface area contributed by atoms with Gasteiger partial charge in [0.25, 0.3) is 15.6 Å². The van der Waals surface area contributed by atoms with Gasteiger partial charge in [-0.1, -0.05) is 54.6 Å². The molecule has 46 heavy (non-hydrogen) atoms. The van der Waals surface area contributed by atoms with Gasteiger partial charge in [-0.2, -0.15) is 17.5 Å². The number of hydrogen-bond donors (Lipinski definition) is 0. The van der Waals surface area contributed by atoms with Crippen molar-refractivity contribution in [3.8, 4) is 11.1 Å². The predicted octanol–water partition coefficient (Wildman–Crippen LogP) is 5.34. The number of alkyl halides is 3. The minimum atomic E-state index is -4.81. The Labute approximate surface area is 263 Å². The van der Waals surface area contributed by atoms with Crippen molar-refractivity contribution in [3.05, 3.63) is 99.8 Å². The normalized spacial score (nSPS) is 16.5. The molecule has 0 aliphatic carbocycles. The van der Waals surface area contributed by atoms with Gasteiger partial charge in [-0.3, -0.25) is 14.2 Å². The molecule has 0 saturated heterocycles. The molecule has 4 aromatic rings. The number of hydrogen-bond acceptors (Lipinski definition) is 7. The first-order valence-corrected chi connectivity index (χ1v) is 15.7. The van der Waals surface area contributed by atoms with Gasteiger partial charge in [0.1, 0.15) is 18.2 Å². The molecule has 5 rings (SSSR count). The number of halogens is 3. The second kappa shape index (κ2) is 12.0. The average molecular weight is 657 g/mol. The number of sulfonamides is 1. The molecule has 0 saturated carbocycles. The largest absolute Gasteiger partial charge is 0.467 e. The molecule has 0 radical (unpaired) electrons. The van der Waals surface area contributed by atoms with Crippen molar-refractivity contribution in [3.63, 3.8) is 0 Å². The van der Waals surface area contributed by atoms with Crippen LogP contribution in [0.4, 0.5) is 13.2 Å². The first-order chi connectivity index (χ1) is 21.5. The molecule has 13 heteroatoms. The van der Waals surface area contributed by atoms with Crippen LogP contribution >= 0.6 is 0 Å². The molecule has 9 nitrogen and oxygen atoms in total. The Hall–Kier alpha value is -4.49. The molecule has 1 aromatic heterocycles. The number of benzene rings is 3. The van der Waals surface area contributed by atoms with Gasteiger partial charge in [-0.25, -0.2) is 13.2 Å². The van der Waals surface area contributed by atoms with Crippen molar-refractivity contribution < 1.29 is 40.7 Å². The maximum Gasteiger partial charge on any atom is 0.416 e. The molecule has 1 aliphatic heterocycles. The summed E-state index contributed by atoms with van der Waals surface area (Å²) >= 11 is 0. The number of carbonyl (C=O) groups excluding carboxylic acids is 2. The van der Waals surface area contributed by atoms with E-state index in [2.05, 4.69) is 0 Å². The first-order valence-electron chi connectivity index (χ1n) is 14.2. The van der Waals surface area contributed by atoms with Gasteiger partial charge in [0, 0.05) is 18.2 Å². The van der Waals surface area contributed by atoms with E-state index in [4.69, 9.17) is 9.47 Å². The molecule has 3 aromatic carbocycles. The second-order valence-electron chi connectivity index (χ2n) is 11.9. The molecule has 0 amide bonds. The van der Waals surface area contributed by atoms with E-state index in [1.54, 1.807) is 39.0 Å². The van der Waals surface area contributed by atoms with E-state index in [0.29, 0.717) is 9.87 Å². The summed E-state index contributed by atoms with van der Waals surface area (Å²) in [5.41, 5.74) is -2.47. The van der Waals surface area contributed by atoms with Gasteiger partial charge in [-0.15, -0.1) is 0 Å². The molecule has 0 fully saturated rings. The molecule has 2 heterocycles. The van der Waals surface area contributed by atoms with Crippen LogP contribution < -0.4 is 5.56 Å². The molecule has 1 atom stereocenters. The highest BCUT2D eigenvalue weighted by Gasteiger charge is 2.45. The van der Waals surface area contributed by atoms with E-state index in [1.165, 1.54) is 6.07 Å². The minimum absolute atomic E-state index is 0.0412. The van der Waals surface area contributed by atoms with Crippen LogP contribution in [0.3, 0.4) is 0 Å². The lowest BCUT2D eigenvalue weighted by molar-refractivity contribution is -0.156. The highest BCUT2D eigenvalue weighted by Crippen LogP contribution is 2.40. The van der Waals surface area contributed by atoms with Gasteiger partial charge in [0.15, 0.2) is 5.03 Å². The fourth-order valence-corrected chi connectivity index (χ4v) is 7.46. The second-order valence-corrected chi connectivity index (χ2v) is 13.7. The molecule has 1 aliphatic rings. The summed E-state index contributed by atoms with van der Waals surface area (Å²) < 4.78 is 82.2. The number of rotatable bonds is 6. The van der Waals surface area contributed by atoms with E-state index < -0.39 is 69.0 Å². The number of aromatic nitrogens is 1. The summed E-state index contributed by atoms with van der Waals surface area (Å²) in [6.45, 7) is 3.30. The van der Waals surface area contributed by atoms with Gasteiger partial charge >= 0.3 is 18.1 Å². The Kier molecular flexibility index (Phi) is 8.60. The maximum absolute atomic E-state index is 14.4. The molecule has 242 valence electrons. The van der Waals surface area contributed by atoms with Crippen LogP contribution in [0.2, 0.25) is 0 Å².